The number of carbonyl (C=O) groups is 2. The summed E-state index contributed by atoms with van der Waals surface area (Å²) in [6.07, 6.45) is 2.61. The summed E-state index contributed by atoms with van der Waals surface area (Å²) in [5, 5.41) is 13.1. The number of carbonyl (C=O) groups excluding carboxylic acids is 2. The highest BCUT2D eigenvalue weighted by molar-refractivity contribution is 7.16. The lowest BCUT2D eigenvalue weighted by Gasteiger charge is -2.27. The van der Waals surface area contributed by atoms with E-state index in [1.54, 1.807) is 12.0 Å². The molecule has 0 bridgehead atoms. The van der Waals surface area contributed by atoms with E-state index in [1.165, 1.54) is 11.3 Å². The van der Waals surface area contributed by atoms with Crippen molar-refractivity contribution < 1.29 is 14.3 Å². The van der Waals surface area contributed by atoms with Gasteiger partial charge in [0, 0.05) is 30.1 Å². The topological polar surface area (TPSA) is 82.4 Å². The number of hydrogen-bond acceptors (Lipinski definition) is 5. The maximum atomic E-state index is 12.5. The van der Waals surface area contributed by atoms with Gasteiger partial charge in [-0.25, -0.2) is 0 Å². The van der Waals surface area contributed by atoms with Gasteiger partial charge >= 0.3 is 0 Å². The molecule has 2 aromatic rings. The Hall–Kier alpha value is -2.56. The minimum absolute atomic E-state index is 0.0806. The Kier molecular flexibility index (Phi) is 7.72. The van der Waals surface area contributed by atoms with Crippen LogP contribution in [-0.2, 0) is 29.0 Å². The zero-order chi connectivity index (χ0) is 21.5. The number of nitrogens with zero attached hydrogens (tertiary/aromatic N) is 2. The summed E-state index contributed by atoms with van der Waals surface area (Å²) in [5.74, 6) is 1.17. The van der Waals surface area contributed by atoms with Crippen molar-refractivity contribution in [2.45, 2.75) is 38.6 Å². The van der Waals surface area contributed by atoms with Crippen LogP contribution < -0.4 is 10.1 Å². The smallest absolute Gasteiger partial charge is 0.225 e. The molecule has 30 heavy (non-hydrogen) atoms. The number of benzene rings is 1. The van der Waals surface area contributed by atoms with Crippen molar-refractivity contribution in [3.63, 3.8) is 0 Å². The van der Waals surface area contributed by atoms with Crippen molar-refractivity contribution >= 4 is 39.8 Å². The normalized spacial score (nSPS) is 12.8. The van der Waals surface area contributed by atoms with Gasteiger partial charge in [0.15, 0.2) is 0 Å². The number of alkyl halides is 1. The lowest BCUT2D eigenvalue weighted by molar-refractivity contribution is -0.132. The fourth-order valence-electron chi connectivity index (χ4n) is 3.47. The average Bonchev–Trinajstić information content (AvgIpc) is 3.12. The maximum Gasteiger partial charge on any atom is 0.225 e. The van der Waals surface area contributed by atoms with Crippen molar-refractivity contribution in [1.29, 1.82) is 5.26 Å². The predicted octanol–water partition coefficient (Wildman–Crippen LogP) is 4.10. The molecule has 0 unspecified atom stereocenters. The van der Waals surface area contributed by atoms with Gasteiger partial charge in [-0.3, -0.25) is 9.59 Å². The number of halogens is 1. The van der Waals surface area contributed by atoms with E-state index in [9.17, 15) is 14.9 Å². The van der Waals surface area contributed by atoms with Gasteiger partial charge in [-0.15, -0.1) is 22.9 Å². The van der Waals surface area contributed by atoms with Gasteiger partial charge in [0.25, 0.3) is 0 Å². The number of nitriles is 1. The van der Waals surface area contributed by atoms with Gasteiger partial charge in [-0.1, -0.05) is 12.1 Å². The standard InChI is InChI=1S/C22H24ClN3O3S/c1-29-16-5-2-4-15(12-16)7-8-20(27)25-22-18(13-24)17-9-11-26(14-19(17)30-22)21(28)6-3-10-23/h2,4-5,12H,3,6-11,14H2,1H3,(H,25,27). The van der Waals surface area contributed by atoms with E-state index in [-0.39, 0.29) is 11.8 Å². The van der Waals surface area contributed by atoms with E-state index in [0.29, 0.717) is 61.6 Å². The van der Waals surface area contributed by atoms with Crippen molar-refractivity contribution in [3.05, 3.63) is 45.8 Å². The van der Waals surface area contributed by atoms with Crippen LogP contribution in [0.1, 0.15) is 40.8 Å². The molecular weight excluding hydrogens is 422 g/mol. The zero-order valence-electron chi connectivity index (χ0n) is 16.9. The molecule has 1 aromatic carbocycles. The summed E-state index contributed by atoms with van der Waals surface area (Å²) < 4.78 is 5.21. The Labute approximate surface area is 185 Å². The molecule has 1 N–H and O–H groups in total. The van der Waals surface area contributed by atoms with Crippen LogP contribution in [0.25, 0.3) is 0 Å². The molecule has 0 saturated heterocycles. The number of hydrogen-bond donors (Lipinski definition) is 1. The third-order valence-corrected chi connectivity index (χ3v) is 6.47. The minimum Gasteiger partial charge on any atom is -0.497 e. The molecule has 1 aromatic heterocycles. The van der Waals surface area contributed by atoms with Gasteiger partial charge in [0.2, 0.25) is 11.8 Å². The Balaban J connectivity index is 1.64. The SMILES string of the molecule is COc1cccc(CCC(=O)Nc2sc3c(c2C#N)CCN(C(=O)CCCCl)C3)c1. The molecule has 158 valence electrons. The van der Waals surface area contributed by atoms with E-state index in [2.05, 4.69) is 11.4 Å². The van der Waals surface area contributed by atoms with E-state index >= 15 is 0 Å². The first-order valence-electron chi connectivity index (χ1n) is 9.86. The third-order valence-electron chi connectivity index (χ3n) is 5.07. The van der Waals surface area contributed by atoms with Gasteiger partial charge in [0.05, 0.1) is 19.2 Å². The number of rotatable bonds is 8. The van der Waals surface area contributed by atoms with Gasteiger partial charge in [-0.2, -0.15) is 5.26 Å². The monoisotopic (exact) mass is 445 g/mol. The van der Waals surface area contributed by atoms with Crippen LogP contribution in [-0.4, -0.2) is 36.2 Å². The summed E-state index contributed by atoms with van der Waals surface area (Å²) in [6.45, 7) is 1.07. The van der Waals surface area contributed by atoms with E-state index in [4.69, 9.17) is 16.3 Å². The highest BCUT2D eigenvalue weighted by atomic mass is 35.5. The average molecular weight is 446 g/mol. The molecule has 0 spiro atoms. The first-order chi connectivity index (χ1) is 14.5. The summed E-state index contributed by atoms with van der Waals surface area (Å²) >= 11 is 7.08. The Morgan fingerprint density at radius 2 is 2.20 bits per heavy atom. The Bertz CT molecular complexity index is 967. The van der Waals surface area contributed by atoms with E-state index in [1.807, 2.05) is 24.3 Å². The van der Waals surface area contributed by atoms with Crippen molar-refractivity contribution in [2.75, 3.05) is 24.9 Å². The molecule has 8 heteroatoms. The summed E-state index contributed by atoms with van der Waals surface area (Å²) in [5.41, 5.74) is 2.49. The molecule has 0 saturated carbocycles. The largest absolute Gasteiger partial charge is 0.497 e. The number of aryl methyl sites for hydroxylation is 1. The Morgan fingerprint density at radius 1 is 1.37 bits per heavy atom. The first-order valence-corrected chi connectivity index (χ1v) is 11.2. The second kappa shape index (κ2) is 10.5. The predicted molar refractivity (Wildman–Crippen MR) is 118 cm³/mol. The Morgan fingerprint density at radius 3 is 2.93 bits per heavy atom. The molecule has 0 radical (unpaired) electrons. The number of methoxy groups -OCH3 is 1. The number of nitrogens with one attached hydrogen (secondary N) is 1. The fraction of sp³-hybridized carbons (Fsp3) is 0.409. The molecule has 1 aliphatic rings. The van der Waals surface area contributed by atoms with Crippen LogP contribution in [0.3, 0.4) is 0 Å². The number of thiophene rings is 1. The fourth-order valence-corrected chi connectivity index (χ4v) is 4.84. The summed E-state index contributed by atoms with van der Waals surface area (Å²) in [6, 6.07) is 9.86. The number of anilines is 1. The molecule has 6 nitrogen and oxygen atoms in total. The minimum atomic E-state index is -0.136. The van der Waals surface area contributed by atoms with Crippen molar-refractivity contribution in [1.82, 2.24) is 4.90 Å². The highest BCUT2D eigenvalue weighted by Gasteiger charge is 2.27. The quantitative estimate of drug-likeness (QED) is 0.620. The lowest BCUT2D eigenvalue weighted by Crippen LogP contribution is -2.35. The van der Waals surface area contributed by atoms with Crippen LogP contribution in [0.5, 0.6) is 5.75 Å². The number of amides is 2. The molecule has 1 aliphatic heterocycles. The molecule has 3 rings (SSSR count). The van der Waals surface area contributed by atoms with Crippen LogP contribution in [0.4, 0.5) is 5.00 Å². The van der Waals surface area contributed by atoms with E-state index < -0.39 is 0 Å². The molecule has 2 heterocycles. The summed E-state index contributed by atoms with van der Waals surface area (Å²) in [4.78, 5) is 27.6. The lowest BCUT2D eigenvalue weighted by atomic mass is 10.0. The highest BCUT2D eigenvalue weighted by Crippen LogP contribution is 2.37. The number of fused-ring (bicyclic) bond motifs is 1. The molecule has 0 fully saturated rings. The third kappa shape index (κ3) is 5.32. The zero-order valence-corrected chi connectivity index (χ0v) is 18.4. The second-order valence-corrected chi connectivity index (χ2v) is 8.56. The van der Waals surface area contributed by atoms with Crippen LogP contribution in [0.15, 0.2) is 24.3 Å². The molecule has 0 aliphatic carbocycles. The van der Waals surface area contributed by atoms with Crippen LogP contribution >= 0.6 is 22.9 Å². The molecular formula is C22H24ClN3O3S. The molecule has 2 amide bonds. The first kappa shape index (κ1) is 22.1. The van der Waals surface area contributed by atoms with Gasteiger partial charge in [-0.05, 0) is 42.5 Å². The summed E-state index contributed by atoms with van der Waals surface area (Å²) in [7, 11) is 1.61. The maximum absolute atomic E-state index is 12.5. The van der Waals surface area contributed by atoms with E-state index in [0.717, 1.165) is 21.8 Å². The van der Waals surface area contributed by atoms with Crippen LogP contribution in [0, 0.1) is 11.3 Å². The van der Waals surface area contributed by atoms with Gasteiger partial charge in [0.1, 0.15) is 16.8 Å². The number of ether oxygens (including phenoxy) is 1. The molecule has 0 atom stereocenters. The van der Waals surface area contributed by atoms with Gasteiger partial charge < -0.3 is 15.0 Å². The van der Waals surface area contributed by atoms with Crippen molar-refractivity contribution in [2.24, 2.45) is 0 Å². The second-order valence-electron chi connectivity index (χ2n) is 7.08. The van der Waals surface area contributed by atoms with Crippen molar-refractivity contribution in [3.8, 4) is 11.8 Å². The van der Waals surface area contributed by atoms with Crippen LogP contribution in [0.2, 0.25) is 0 Å².